The highest BCUT2D eigenvalue weighted by Crippen LogP contribution is 2.30. The lowest BCUT2D eigenvalue weighted by molar-refractivity contribution is 0.455. The first-order valence-electron chi connectivity index (χ1n) is 8.92. The number of nitrogens with zero attached hydrogens (tertiary/aromatic N) is 4. The van der Waals surface area contributed by atoms with Crippen LogP contribution in [0.4, 0.5) is 11.6 Å². The molecule has 7 heteroatoms. The van der Waals surface area contributed by atoms with Crippen LogP contribution >= 0.6 is 0 Å². The van der Waals surface area contributed by atoms with Gasteiger partial charge in [0.25, 0.3) is 0 Å². The summed E-state index contributed by atoms with van der Waals surface area (Å²) in [5, 5.41) is 16.5. The summed E-state index contributed by atoms with van der Waals surface area (Å²) >= 11 is 0. The molecule has 2 heterocycles. The second-order valence-electron chi connectivity index (χ2n) is 6.47. The van der Waals surface area contributed by atoms with Crippen LogP contribution in [0.15, 0.2) is 59.4 Å². The largest absolute Gasteiger partial charge is 0.438 e. The normalized spacial score (nSPS) is 10.9. The number of nitriles is 1. The summed E-state index contributed by atoms with van der Waals surface area (Å²) in [5.41, 5.74) is 4.39. The number of aromatic nitrogens is 3. The maximum Gasteiger partial charge on any atom is 0.230 e. The van der Waals surface area contributed by atoms with Crippen molar-refractivity contribution in [1.29, 1.82) is 5.26 Å². The highest BCUT2D eigenvalue weighted by atomic mass is 16.5. The van der Waals surface area contributed by atoms with Gasteiger partial charge in [-0.2, -0.15) is 10.2 Å². The third kappa shape index (κ3) is 4.06. The topological polar surface area (TPSA) is 96.9 Å². The molecule has 2 aromatic carbocycles. The van der Waals surface area contributed by atoms with Gasteiger partial charge in [-0.15, -0.1) is 0 Å². The first kappa shape index (κ1) is 18.2. The monoisotopic (exact) mass is 383 g/mol. The third-order valence-electron chi connectivity index (χ3n) is 4.28. The molecule has 0 saturated carbocycles. The molecule has 142 valence electrons. The first-order chi connectivity index (χ1) is 14.1. The van der Waals surface area contributed by atoms with Crippen molar-refractivity contribution >= 4 is 28.7 Å². The maximum absolute atomic E-state index is 8.70. The molecule has 0 atom stereocenters. The number of allylic oxidation sites excluding steroid dienone is 1. The minimum absolute atomic E-state index is 0.419. The number of anilines is 2. The first-order valence-corrected chi connectivity index (χ1v) is 8.92. The van der Waals surface area contributed by atoms with E-state index in [9.17, 15) is 0 Å². The van der Waals surface area contributed by atoms with E-state index in [4.69, 9.17) is 14.5 Å². The van der Waals surface area contributed by atoms with Gasteiger partial charge in [0.05, 0.1) is 12.3 Å². The summed E-state index contributed by atoms with van der Waals surface area (Å²) in [4.78, 5) is 8.70. The van der Waals surface area contributed by atoms with Crippen molar-refractivity contribution in [2.45, 2.75) is 13.8 Å². The zero-order chi connectivity index (χ0) is 20.2. The SMILES string of the molecule is Cc1cc(/C=C/C#N)cc(C)c1Oc1ccnc(Nc2ccc3oncc3c2)n1. The van der Waals surface area contributed by atoms with Gasteiger partial charge < -0.3 is 14.6 Å². The van der Waals surface area contributed by atoms with E-state index in [1.165, 1.54) is 6.08 Å². The molecule has 0 aliphatic rings. The van der Waals surface area contributed by atoms with E-state index in [1.807, 2.05) is 50.2 Å². The summed E-state index contributed by atoms with van der Waals surface area (Å²) in [6.45, 7) is 3.92. The Kier molecular flexibility index (Phi) is 4.91. The number of benzene rings is 2. The Morgan fingerprint density at radius 3 is 2.76 bits per heavy atom. The van der Waals surface area contributed by atoms with Crippen molar-refractivity contribution in [2.24, 2.45) is 0 Å². The molecular weight excluding hydrogens is 366 g/mol. The van der Waals surface area contributed by atoms with E-state index in [1.54, 1.807) is 24.5 Å². The predicted molar refractivity (Wildman–Crippen MR) is 110 cm³/mol. The molecule has 29 heavy (non-hydrogen) atoms. The molecule has 4 rings (SSSR count). The van der Waals surface area contributed by atoms with Gasteiger partial charge >= 0.3 is 0 Å². The van der Waals surface area contributed by atoms with Crippen molar-refractivity contribution in [1.82, 2.24) is 15.1 Å². The van der Waals surface area contributed by atoms with Crippen LogP contribution in [0.3, 0.4) is 0 Å². The molecule has 0 spiro atoms. The van der Waals surface area contributed by atoms with E-state index < -0.39 is 0 Å². The van der Waals surface area contributed by atoms with Crippen molar-refractivity contribution in [3.63, 3.8) is 0 Å². The Morgan fingerprint density at radius 2 is 1.97 bits per heavy atom. The fourth-order valence-electron chi connectivity index (χ4n) is 3.02. The van der Waals surface area contributed by atoms with Crippen LogP contribution in [0, 0.1) is 25.2 Å². The lowest BCUT2D eigenvalue weighted by Gasteiger charge is -2.13. The van der Waals surface area contributed by atoms with Crippen molar-refractivity contribution in [3.05, 3.63) is 71.6 Å². The summed E-state index contributed by atoms with van der Waals surface area (Å²) < 4.78 is 11.1. The van der Waals surface area contributed by atoms with E-state index in [2.05, 4.69) is 20.4 Å². The second-order valence-corrected chi connectivity index (χ2v) is 6.47. The summed E-state index contributed by atoms with van der Waals surface area (Å²) in [6.07, 6.45) is 6.51. The third-order valence-corrected chi connectivity index (χ3v) is 4.28. The molecule has 0 aliphatic heterocycles. The Labute approximate surface area is 167 Å². The molecule has 0 radical (unpaired) electrons. The van der Waals surface area contributed by atoms with Gasteiger partial charge in [-0.3, -0.25) is 0 Å². The molecule has 0 bridgehead atoms. The molecule has 7 nitrogen and oxygen atoms in total. The number of aryl methyl sites for hydroxylation is 2. The van der Waals surface area contributed by atoms with Gasteiger partial charge in [0, 0.05) is 29.4 Å². The lowest BCUT2D eigenvalue weighted by atomic mass is 10.1. The second kappa shape index (κ2) is 7.82. The lowest BCUT2D eigenvalue weighted by Crippen LogP contribution is -1.99. The summed E-state index contributed by atoms with van der Waals surface area (Å²) in [5.74, 6) is 1.58. The molecule has 0 amide bonds. The highest BCUT2D eigenvalue weighted by molar-refractivity contribution is 5.80. The molecule has 2 aromatic heterocycles. The van der Waals surface area contributed by atoms with Crippen molar-refractivity contribution in [3.8, 4) is 17.7 Å². The number of hydrogen-bond donors (Lipinski definition) is 1. The van der Waals surface area contributed by atoms with Gasteiger partial charge in [-0.05, 0) is 66.9 Å². The quantitative estimate of drug-likeness (QED) is 0.467. The summed E-state index contributed by atoms with van der Waals surface area (Å²) in [7, 11) is 0. The van der Waals surface area contributed by atoms with Crippen LogP contribution in [0.5, 0.6) is 11.6 Å². The van der Waals surface area contributed by atoms with Crippen molar-refractivity contribution < 1.29 is 9.26 Å². The molecule has 0 aliphatic carbocycles. The predicted octanol–water partition coefficient (Wildman–Crippen LogP) is 5.31. The molecule has 0 fully saturated rings. The minimum Gasteiger partial charge on any atom is -0.438 e. The molecule has 0 saturated heterocycles. The molecule has 0 unspecified atom stereocenters. The minimum atomic E-state index is 0.419. The number of fused-ring (bicyclic) bond motifs is 1. The average molecular weight is 383 g/mol. The van der Waals surface area contributed by atoms with E-state index in [-0.39, 0.29) is 0 Å². The molecular formula is C22H17N5O2. The number of rotatable bonds is 5. The molecule has 4 aromatic rings. The fourth-order valence-corrected chi connectivity index (χ4v) is 3.02. The Hall–Kier alpha value is -4.18. The van der Waals surface area contributed by atoms with Crippen LogP contribution < -0.4 is 10.1 Å². The number of hydrogen-bond acceptors (Lipinski definition) is 7. The van der Waals surface area contributed by atoms with E-state index >= 15 is 0 Å². The zero-order valence-electron chi connectivity index (χ0n) is 15.9. The van der Waals surface area contributed by atoms with E-state index in [0.29, 0.717) is 17.4 Å². The van der Waals surface area contributed by atoms with Gasteiger partial charge in [-0.25, -0.2) is 4.98 Å². The Bertz CT molecular complexity index is 1230. The maximum atomic E-state index is 8.70. The fraction of sp³-hybridized carbons (Fsp3) is 0.0909. The number of ether oxygens (including phenoxy) is 1. The zero-order valence-corrected chi connectivity index (χ0v) is 15.9. The van der Waals surface area contributed by atoms with Gasteiger partial charge in [-0.1, -0.05) is 5.16 Å². The van der Waals surface area contributed by atoms with Gasteiger partial charge in [0.1, 0.15) is 5.75 Å². The van der Waals surface area contributed by atoms with Gasteiger partial charge in [0.15, 0.2) is 5.58 Å². The van der Waals surface area contributed by atoms with Crippen LogP contribution in [0.25, 0.3) is 17.0 Å². The number of nitrogens with one attached hydrogen (secondary N) is 1. The van der Waals surface area contributed by atoms with Crippen LogP contribution in [0.2, 0.25) is 0 Å². The highest BCUT2D eigenvalue weighted by Gasteiger charge is 2.09. The Morgan fingerprint density at radius 1 is 1.14 bits per heavy atom. The van der Waals surface area contributed by atoms with Gasteiger partial charge in [0.2, 0.25) is 11.8 Å². The van der Waals surface area contributed by atoms with Crippen LogP contribution in [-0.4, -0.2) is 15.1 Å². The molecule has 1 N–H and O–H groups in total. The summed E-state index contributed by atoms with van der Waals surface area (Å²) in [6, 6.07) is 13.2. The average Bonchev–Trinajstić information content (AvgIpc) is 3.17. The Balaban J connectivity index is 1.56. The van der Waals surface area contributed by atoms with Crippen LogP contribution in [-0.2, 0) is 0 Å². The van der Waals surface area contributed by atoms with Crippen molar-refractivity contribution in [2.75, 3.05) is 5.32 Å². The standard InChI is InChI=1S/C22H17N5O2/c1-14-10-16(4-3-8-23)11-15(2)21(14)28-20-7-9-24-22(27-20)26-18-5-6-19-17(12-18)13-25-29-19/h3-7,9-13H,1-2H3,(H,24,26,27)/b4-3+. The van der Waals surface area contributed by atoms with Crippen LogP contribution in [0.1, 0.15) is 16.7 Å². The smallest absolute Gasteiger partial charge is 0.230 e. The van der Waals surface area contributed by atoms with E-state index in [0.717, 1.165) is 33.5 Å².